The van der Waals surface area contributed by atoms with Gasteiger partial charge in [-0.1, -0.05) is 30.3 Å². The SMILES string of the molecule is NCNCCCC(NS(=O)(=O)c1ccc2ccccc2c1)C(=O)N1CCN(C(=O)CCCCC(=O)O)CC1. The van der Waals surface area contributed by atoms with Crippen molar-refractivity contribution in [2.45, 2.75) is 49.5 Å². The van der Waals surface area contributed by atoms with Crippen molar-refractivity contribution < 1.29 is 27.9 Å². The number of nitrogens with one attached hydrogen (secondary N) is 2. The first kappa shape index (κ1) is 29.5. The van der Waals surface area contributed by atoms with E-state index in [4.69, 9.17) is 10.8 Å². The number of carbonyl (C=O) groups excluding carboxylic acids is 2. The average molecular weight is 548 g/mol. The molecule has 1 atom stereocenters. The molecular formula is C26H37N5O6S. The maximum atomic E-state index is 13.4. The van der Waals surface area contributed by atoms with Crippen molar-refractivity contribution >= 4 is 38.6 Å². The Morgan fingerprint density at radius 2 is 1.58 bits per heavy atom. The molecule has 0 saturated carbocycles. The predicted molar refractivity (Wildman–Crippen MR) is 144 cm³/mol. The molecule has 11 nitrogen and oxygen atoms in total. The van der Waals surface area contributed by atoms with E-state index in [1.807, 2.05) is 24.3 Å². The van der Waals surface area contributed by atoms with Crippen molar-refractivity contribution in [2.75, 3.05) is 39.4 Å². The van der Waals surface area contributed by atoms with Crippen molar-refractivity contribution in [1.29, 1.82) is 0 Å². The molecule has 0 radical (unpaired) electrons. The van der Waals surface area contributed by atoms with E-state index in [1.165, 1.54) is 6.07 Å². The van der Waals surface area contributed by atoms with Gasteiger partial charge in [-0.25, -0.2) is 8.42 Å². The second kappa shape index (κ2) is 14.2. The summed E-state index contributed by atoms with van der Waals surface area (Å²) >= 11 is 0. The fourth-order valence-electron chi connectivity index (χ4n) is 4.46. The maximum absolute atomic E-state index is 13.4. The third-order valence-corrected chi connectivity index (χ3v) is 8.06. The van der Waals surface area contributed by atoms with Gasteiger partial charge in [-0.3, -0.25) is 14.4 Å². The average Bonchev–Trinajstić information content (AvgIpc) is 2.92. The topological polar surface area (TPSA) is 162 Å². The van der Waals surface area contributed by atoms with Gasteiger partial charge in [-0.2, -0.15) is 4.72 Å². The van der Waals surface area contributed by atoms with Crippen LogP contribution in [0.15, 0.2) is 47.4 Å². The minimum atomic E-state index is -3.97. The number of carbonyl (C=O) groups is 3. The molecule has 0 aliphatic carbocycles. The molecule has 5 N–H and O–H groups in total. The van der Waals surface area contributed by atoms with Gasteiger partial charge in [0, 0.05) is 45.7 Å². The summed E-state index contributed by atoms with van der Waals surface area (Å²) in [5, 5.41) is 13.4. The van der Waals surface area contributed by atoms with Crippen LogP contribution in [0.4, 0.5) is 0 Å². The molecule has 2 aromatic carbocycles. The zero-order valence-corrected chi connectivity index (χ0v) is 22.3. The van der Waals surface area contributed by atoms with E-state index >= 15 is 0 Å². The second-order valence-electron chi connectivity index (χ2n) is 9.34. The number of piperazine rings is 1. The fraction of sp³-hybridized carbons (Fsp3) is 0.500. The monoisotopic (exact) mass is 547 g/mol. The van der Waals surface area contributed by atoms with Crippen LogP contribution in [0.2, 0.25) is 0 Å². The van der Waals surface area contributed by atoms with E-state index in [1.54, 1.807) is 21.9 Å². The van der Waals surface area contributed by atoms with Gasteiger partial charge in [0.15, 0.2) is 0 Å². The first-order valence-electron chi connectivity index (χ1n) is 12.9. The van der Waals surface area contributed by atoms with Gasteiger partial charge >= 0.3 is 5.97 Å². The number of sulfonamides is 1. The highest BCUT2D eigenvalue weighted by Gasteiger charge is 2.31. The molecule has 1 heterocycles. The van der Waals surface area contributed by atoms with Crippen molar-refractivity contribution in [3.05, 3.63) is 42.5 Å². The normalized spacial score (nSPS) is 15.0. The minimum absolute atomic E-state index is 0.0346. The van der Waals surface area contributed by atoms with Crippen LogP contribution < -0.4 is 15.8 Å². The third kappa shape index (κ3) is 8.48. The molecule has 1 aliphatic rings. The highest BCUT2D eigenvalue weighted by molar-refractivity contribution is 7.89. The lowest BCUT2D eigenvalue weighted by Gasteiger charge is -2.36. The number of hydrogen-bond donors (Lipinski definition) is 4. The van der Waals surface area contributed by atoms with Crippen LogP contribution in [-0.4, -0.2) is 86.5 Å². The number of aliphatic carboxylic acids is 1. The van der Waals surface area contributed by atoms with Crippen LogP contribution >= 0.6 is 0 Å². The van der Waals surface area contributed by atoms with E-state index in [0.29, 0.717) is 58.4 Å². The first-order valence-corrected chi connectivity index (χ1v) is 14.4. The Labute approximate surface area is 223 Å². The van der Waals surface area contributed by atoms with Crippen LogP contribution in [0.3, 0.4) is 0 Å². The Balaban J connectivity index is 1.63. The molecule has 1 unspecified atom stereocenters. The molecule has 1 aliphatic heterocycles. The molecule has 0 aromatic heterocycles. The van der Waals surface area contributed by atoms with Gasteiger partial charge in [0.25, 0.3) is 0 Å². The van der Waals surface area contributed by atoms with Crippen LogP contribution in [-0.2, 0) is 24.4 Å². The number of nitrogens with zero attached hydrogens (tertiary/aromatic N) is 2. The maximum Gasteiger partial charge on any atom is 0.303 e. The van der Waals surface area contributed by atoms with Gasteiger partial charge in [-0.05, 0) is 55.1 Å². The van der Waals surface area contributed by atoms with Crippen LogP contribution in [0.5, 0.6) is 0 Å². The molecule has 1 fully saturated rings. The van der Waals surface area contributed by atoms with E-state index in [2.05, 4.69) is 10.0 Å². The van der Waals surface area contributed by atoms with Gasteiger partial charge < -0.3 is 26.0 Å². The summed E-state index contributed by atoms with van der Waals surface area (Å²) in [7, 11) is -3.97. The van der Waals surface area contributed by atoms with Crippen LogP contribution in [0.1, 0.15) is 38.5 Å². The summed E-state index contributed by atoms with van der Waals surface area (Å²) in [6.07, 6.45) is 2.08. The lowest BCUT2D eigenvalue weighted by Crippen LogP contribution is -2.55. The van der Waals surface area contributed by atoms with Gasteiger partial charge in [0.1, 0.15) is 6.04 Å². The first-order chi connectivity index (χ1) is 18.2. The molecule has 38 heavy (non-hydrogen) atoms. The summed E-state index contributed by atoms with van der Waals surface area (Å²) in [5.74, 6) is -1.27. The summed E-state index contributed by atoms with van der Waals surface area (Å²) < 4.78 is 29.1. The molecule has 0 spiro atoms. The fourth-order valence-corrected chi connectivity index (χ4v) is 5.72. The van der Waals surface area contributed by atoms with Crippen molar-refractivity contribution in [1.82, 2.24) is 19.8 Å². The Morgan fingerprint density at radius 3 is 2.26 bits per heavy atom. The molecule has 2 amide bonds. The second-order valence-corrected chi connectivity index (χ2v) is 11.1. The Hall–Kier alpha value is -3.06. The Kier molecular flexibility index (Phi) is 11.0. The number of benzene rings is 2. The highest BCUT2D eigenvalue weighted by Crippen LogP contribution is 2.20. The van der Waals surface area contributed by atoms with Crippen LogP contribution in [0.25, 0.3) is 10.8 Å². The number of amides is 2. The molecule has 12 heteroatoms. The number of carboxylic acid groups (broad SMARTS) is 1. The van der Waals surface area contributed by atoms with Crippen molar-refractivity contribution in [3.63, 3.8) is 0 Å². The lowest BCUT2D eigenvalue weighted by molar-refractivity contribution is -0.140. The minimum Gasteiger partial charge on any atom is -0.481 e. The van der Waals surface area contributed by atoms with Crippen molar-refractivity contribution in [3.8, 4) is 0 Å². The quantitative estimate of drug-likeness (QED) is 0.202. The highest BCUT2D eigenvalue weighted by atomic mass is 32.2. The summed E-state index contributed by atoms with van der Waals surface area (Å²) in [4.78, 5) is 39.9. The Morgan fingerprint density at radius 1 is 0.921 bits per heavy atom. The summed E-state index contributed by atoms with van der Waals surface area (Å²) in [5.41, 5.74) is 5.48. The molecule has 0 bridgehead atoms. The number of hydrogen-bond acceptors (Lipinski definition) is 7. The van der Waals surface area contributed by atoms with Gasteiger partial charge in [-0.15, -0.1) is 0 Å². The number of carboxylic acids is 1. The summed E-state index contributed by atoms with van der Waals surface area (Å²) in [6.45, 7) is 2.13. The van der Waals surface area contributed by atoms with E-state index < -0.39 is 22.0 Å². The predicted octanol–water partition coefficient (Wildman–Crippen LogP) is 1.09. The molecule has 1 saturated heterocycles. The van der Waals surface area contributed by atoms with Gasteiger partial charge in [0.2, 0.25) is 21.8 Å². The molecule has 3 rings (SSSR count). The zero-order valence-electron chi connectivity index (χ0n) is 21.5. The standard InChI is InChI=1S/C26H37N5O6S/c27-19-28-13-5-8-23(29-38(36,37)22-12-11-20-6-1-2-7-21(20)18-22)26(35)31-16-14-30(15-17-31)24(32)9-3-4-10-25(33)34/h1-2,6-7,11-12,18,23,28-29H,3-5,8-10,13-17,19,27H2,(H,33,34). The smallest absolute Gasteiger partial charge is 0.303 e. The third-order valence-electron chi connectivity index (χ3n) is 6.59. The molecule has 2 aromatic rings. The number of fused-ring (bicyclic) bond motifs is 1. The van der Waals surface area contributed by atoms with Crippen molar-refractivity contribution in [2.24, 2.45) is 5.73 Å². The number of rotatable bonds is 14. The largest absolute Gasteiger partial charge is 0.481 e. The van der Waals surface area contributed by atoms with Crippen LogP contribution in [0, 0.1) is 0 Å². The Bertz CT molecular complexity index is 1210. The van der Waals surface area contributed by atoms with Gasteiger partial charge in [0.05, 0.1) is 4.90 Å². The van der Waals surface area contributed by atoms with E-state index in [0.717, 1.165) is 10.8 Å². The van der Waals surface area contributed by atoms with E-state index in [9.17, 15) is 22.8 Å². The number of unbranched alkanes of at least 4 members (excludes halogenated alkanes) is 1. The lowest BCUT2D eigenvalue weighted by atomic mass is 10.1. The molecular weight excluding hydrogens is 510 g/mol. The zero-order chi connectivity index (χ0) is 27.5. The summed E-state index contributed by atoms with van der Waals surface area (Å²) in [6, 6.07) is 11.4. The number of nitrogens with two attached hydrogens (primary N) is 1. The molecule has 208 valence electrons. The van der Waals surface area contributed by atoms with E-state index in [-0.39, 0.29) is 36.2 Å².